The van der Waals surface area contributed by atoms with Gasteiger partial charge in [0, 0.05) is 25.4 Å². The Kier molecular flexibility index (Phi) is 11.0. The lowest BCUT2D eigenvalue weighted by Crippen LogP contribution is -2.53. The molecule has 3 saturated heterocycles. The zero-order valence-electron chi connectivity index (χ0n) is 27.5. The molecule has 2 atom stereocenters. The predicted molar refractivity (Wildman–Crippen MR) is 186 cm³/mol. The van der Waals surface area contributed by atoms with E-state index in [1.807, 2.05) is 0 Å². The van der Waals surface area contributed by atoms with Crippen LogP contribution in [0, 0.1) is 11.7 Å². The molecule has 50 heavy (non-hydrogen) atoms. The highest BCUT2D eigenvalue weighted by molar-refractivity contribution is 6.35. The number of anilines is 1. The number of aromatic nitrogens is 1. The summed E-state index contributed by atoms with van der Waals surface area (Å²) in [6.45, 7) is 2.49. The van der Waals surface area contributed by atoms with Crippen molar-refractivity contribution >= 4 is 41.0 Å². The minimum atomic E-state index is -0.936. The molecule has 1 aromatic heterocycles. The van der Waals surface area contributed by atoms with E-state index in [1.165, 1.54) is 44.8 Å². The predicted octanol–water partition coefficient (Wildman–Crippen LogP) is 7.63. The summed E-state index contributed by atoms with van der Waals surface area (Å²) in [6, 6.07) is 15.7. The maximum absolute atomic E-state index is 15.2. The van der Waals surface area contributed by atoms with Gasteiger partial charge in [-0.3, -0.25) is 14.8 Å². The van der Waals surface area contributed by atoms with Crippen molar-refractivity contribution in [3.8, 4) is 17.2 Å². The Labute approximate surface area is 299 Å². The number of hydrogen-bond acceptors (Lipinski definition) is 9. The molecule has 0 spiro atoms. The average Bonchev–Trinajstić information content (AvgIpc) is 3.13. The van der Waals surface area contributed by atoms with Crippen LogP contribution < -0.4 is 14.4 Å². The summed E-state index contributed by atoms with van der Waals surface area (Å²) in [5.74, 6) is -0.950. The quantitative estimate of drug-likeness (QED) is 0.156. The molecule has 0 radical (unpaired) electrons. The monoisotopic (exact) mass is 723 g/mol. The maximum Gasteiger partial charge on any atom is 0.415 e. The van der Waals surface area contributed by atoms with Gasteiger partial charge in [-0.25, -0.2) is 14.0 Å². The molecule has 10 nitrogen and oxygen atoms in total. The molecule has 7 rings (SSSR count). The minimum absolute atomic E-state index is 0.0804. The fourth-order valence-corrected chi connectivity index (χ4v) is 6.95. The van der Waals surface area contributed by atoms with Gasteiger partial charge in [0.15, 0.2) is 23.1 Å². The number of carbonyl (C=O) groups is 2. The smallest absolute Gasteiger partial charge is 0.415 e. The second kappa shape index (κ2) is 15.5. The van der Waals surface area contributed by atoms with Crippen LogP contribution in [0.4, 0.5) is 14.9 Å². The number of pyridine rings is 1. The molecular weight excluding hydrogens is 688 g/mol. The average molecular weight is 725 g/mol. The molecule has 3 aliphatic rings. The number of ether oxygens (including phenoxy) is 4. The van der Waals surface area contributed by atoms with E-state index >= 15 is 4.39 Å². The Morgan fingerprint density at radius 2 is 1.70 bits per heavy atom. The number of rotatable bonds is 11. The third-order valence-corrected chi connectivity index (χ3v) is 9.87. The van der Waals surface area contributed by atoms with E-state index in [4.69, 9.17) is 42.1 Å². The third kappa shape index (κ3) is 7.75. The first-order chi connectivity index (χ1) is 24.1. The molecular formula is C37H36Cl2FN3O7. The number of phenolic OH excluding ortho intramolecular Hbond substituents is 1. The Bertz CT molecular complexity index is 1830. The number of carbonyl (C=O) groups excluding carboxylic acids is 2. The van der Waals surface area contributed by atoms with E-state index in [-0.39, 0.29) is 36.2 Å². The van der Waals surface area contributed by atoms with Crippen molar-refractivity contribution < 1.29 is 38.0 Å². The van der Waals surface area contributed by atoms with Crippen LogP contribution in [0.2, 0.25) is 10.0 Å². The van der Waals surface area contributed by atoms with Crippen molar-refractivity contribution in [2.24, 2.45) is 5.92 Å². The van der Waals surface area contributed by atoms with Crippen molar-refractivity contribution in [1.82, 2.24) is 9.88 Å². The molecule has 2 bridgehead atoms. The summed E-state index contributed by atoms with van der Waals surface area (Å²) in [5.41, 5.74) is 1.86. The molecule has 0 aliphatic carbocycles. The lowest BCUT2D eigenvalue weighted by molar-refractivity contribution is -0.0311. The largest absolute Gasteiger partial charge is 0.505 e. The zero-order chi connectivity index (χ0) is 35.4. The molecule has 262 valence electrons. The normalized spacial score (nSPS) is 18.6. The van der Waals surface area contributed by atoms with Crippen LogP contribution >= 0.6 is 23.2 Å². The summed E-state index contributed by atoms with van der Waals surface area (Å²) < 4.78 is 38.0. The van der Waals surface area contributed by atoms with E-state index in [1.54, 1.807) is 42.5 Å². The Balaban J connectivity index is 1.22. The first-order valence-electron chi connectivity index (χ1n) is 16.1. The molecule has 0 saturated carbocycles. The van der Waals surface area contributed by atoms with Gasteiger partial charge in [-0.1, -0.05) is 47.5 Å². The molecule has 1 N–H and O–H groups in total. The summed E-state index contributed by atoms with van der Waals surface area (Å²) in [7, 11) is 3.03. The molecule has 1 amide bonds. The van der Waals surface area contributed by atoms with Gasteiger partial charge in [-0.05, 0) is 84.9 Å². The highest BCUT2D eigenvalue weighted by Crippen LogP contribution is 2.36. The van der Waals surface area contributed by atoms with Crippen LogP contribution in [-0.4, -0.2) is 67.0 Å². The van der Waals surface area contributed by atoms with E-state index in [0.717, 1.165) is 30.8 Å². The number of benzene rings is 3. The fraction of sp³-hybridized carbons (Fsp3) is 0.324. The van der Waals surface area contributed by atoms with Gasteiger partial charge in [-0.2, -0.15) is 0 Å². The number of piperidine rings is 3. The Hall–Kier alpha value is -4.58. The van der Waals surface area contributed by atoms with E-state index < -0.39 is 29.7 Å². The van der Waals surface area contributed by atoms with Crippen LogP contribution in [0.5, 0.6) is 17.2 Å². The minimum Gasteiger partial charge on any atom is -0.505 e. The number of fused-ring (bicyclic) bond motifs is 3. The summed E-state index contributed by atoms with van der Waals surface area (Å²) in [5, 5.41) is 10.7. The maximum atomic E-state index is 15.2. The van der Waals surface area contributed by atoms with Crippen LogP contribution in [0.25, 0.3) is 0 Å². The number of halogens is 3. The van der Waals surface area contributed by atoms with Crippen LogP contribution in [-0.2, 0) is 22.4 Å². The Morgan fingerprint density at radius 3 is 2.34 bits per heavy atom. The molecule has 13 heteroatoms. The van der Waals surface area contributed by atoms with Crippen LogP contribution in [0.1, 0.15) is 46.0 Å². The summed E-state index contributed by atoms with van der Waals surface area (Å²) >= 11 is 12.9. The van der Waals surface area contributed by atoms with Crippen molar-refractivity contribution in [2.75, 3.05) is 38.8 Å². The number of methoxy groups -OCH3 is 2. The van der Waals surface area contributed by atoms with Gasteiger partial charge in [0.2, 0.25) is 0 Å². The first kappa shape index (κ1) is 35.3. The molecule has 4 aromatic rings. The third-order valence-electron chi connectivity index (χ3n) is 9.22. The van der Waals surface area contributed by atoms with Gasteiger partial charge in [0.25, 0.3) is 0 Å². The number of hydrogen-bond donors (Lipinski definition) is 1. The lowest BCUT2D eigenvalue weighted by Gasteiger charge is -2.44. The fourth-order valence-electron chi connectivity index (χ4n) is 6.43. The van der Waals surface area contributed by atoms with E-state index in [2.05, 4.69) is 9.88 Å². The van der Waals surface area contributed by atoms with Crippen molar-refractivity contribution in [1.29, 1.82) is 0 Å². The summed E-state index contributed by atoms with van der Waals surface area (Å²) in [4.78, 5) is 34.6. The van der Waals surface area contributed by atoms with Crippen molar-refractivity contribution in [3.63, 3.8) is 0 Å². The number of aromatic hydroxyl groups is 1. The standard InChI is InChI=1S/C37H36Cl2FN3O7/c1-47-31-11-10-25(16-33(31)48-2)32(17-26-27(38)18-41-19-28(26)39)49-36(45)24-8-6-22(7-9-24)20-43(29-4-3-5-30(44)35(29)40)37(46)50-34-21-42-14-12-23(34)13-15-42/h3-11,16,18-19,23,32,34,44H,12-15,17,20-21H2,1-2H3/t32-,34-/m0/s1. The number of nitrogens with zero attached hydrogens (tertiary/aromatic N) is 3. The van der Waals surface area contributed by atoms with Crippen LogP contribution in [0.15, 0.2) is 73.1 Å². The second-order valence-corrected chi connectivity index (χ2v) is 13.1. The SMILES string of the molecule is COc1ccc([C@H](Cc2c(Cl)cncc2Cl)OC(=O)c2ccc(CN(C(=O)O[C@H]3CN4CCC3CC4)c3cccc(O)c3F)cc2)cc1OC. The number of phenols is 1. The van der Waals surface area contributed by atoms with Gasteiger partial charge in [-0.15, -0.1) is 0 Å². The van der Waals surface area contributed by atoms with Crippen molar-refractivity contribution in [2.45, 2.75) is 38.0 Å². The molecule has 3 aromatic carbocycles. The van der Waals surface area contributed by atoms with Gasteiger partial charge in [0.05, 0.1) is 42.1 Å². The second-order valence-electron chi connectivity index (χ2n) is 12.2. The topological polar surface area (TPSA) is 111 Å². The number of amides is 1. The number of esters is 1. The molecule has 4 heterocycles. The van der Waals surface area contributed by atoms with Gasteiger partial charge >= 0.3 is 12.1 Å². The van der Waals surface area contributed by atoms with Gasteiger partial charge in [0.1, 0.15) is 12.2 Å². The van der Waals surface area contributed by atoms with E-state index in [9.17, 15) is 14.7 Å². The van der Waals surface area contributed by atoms with Crippen LogP contribution in [0.3, 0.4) is 0 Å². The highest BCUT2D eigenvalue weighted by atomic mass is 35.5. The van der Waals surface area contributed by atoms with Gasteiger partial charge < -0.3 is 24.1 Å². The first-order valence-corrected chi connectivity index (χ1v) is 16.9. The van der Waals surface area contributed by atoms with E-state index in [0.29, 0.717) is 44.8 Å². The Morgan fingerprint density at radius 1 is 1.00 bits per heavy atom. The van der Waals surface area contributed by atoms with Crippen molar-refractivity contribution in [3.05, 3.63) is 111 Å². The zero-order valence-corrected chi connectivity index (χ0v) is 29.0. The summed E-state index contributed by atoms with van der Waals surface area (Å²) in [6.07, 6.45) is 3.10. The molecule has 0 unspecified atom stereocenters. The highest BCUT2D eigenvalue weighted by Gasteiger charge is 2.38. The molecule has 3 fully saturated rings. The lowest BCUT2D eigenvalue weighted by atomic mass is 9.86. The molecule has 3 aliphatic heterocycles.